The van der Waals surface area contributed by atoms with E-state index >= 15 is 0 Å². The van der Waals surface area contributed by atoms with Crippen molar-refractivity contribution in [1.82, 2.24) is 10.3 Å². The van der Waals surface area contributed by atoms with Gasteiger partial charge in [-0.05, 0) is 37.1 Å². The molecule has 0 amide bonds. The predicted octanol–water partition coefficient (Wildman–Crippen LogP) is 4.84. The lowest BCUT2D eigenvalue weighted by molar-refractivity contribution is -0.142. The molecule has 29 heavy (non-hydrogen) atoms. The molecule has 1 fully saturated rings. The first-order valence-electron chi connectivity index (χ1n) is 8.71. The second-order valence-corrected chi connectivity index (χ2v) is 7.30. The van der Waals surface area contributed by atoms with Gasteiger partial charge in [0.2, 0.25) is 0 Å². The van der Waals surface area contributed by atoms with Crippen LogP contribution in [0.1, 0.15) is 35.8 Å². The van der Waals surface area contributed by atoms with Crippen molar-refractivity contribution in [3.63, 3.8) is 0 Å². The van der Waals surface area contributed by atoms with E-state index in [4.69, 9.17) is 4.74 Å². The van der Waals surface area contributed by atoms with Crippen LogP contribution in [0.4, 0.5) is 26.3 Å². The third kappa shape index (κ3) is 4.78. The number of piperidine rings is 1. The normalized spacial score (nSPS) is 22.1. The number of halogens is 7. The molecule has 1 aromatic carbocycles. The smallest absolute Gasteiger partial charge is 0.387 e. The SMILES string of the molecule is OC(c1cc(C(F)(F)F)nc2c(C(F)(F)F)cccc12)C1NCCCC1OCI. The fourth-order valence-electron chi connectivity index (χ4n) is 3.55. The van der Waals surface area contributed by atoms with Crippen LogP contribution in [0, 0.1) is 0 Å². The van der Waals surface area contributed by atoms with Crippen LogP contribution in [0.25, 0.3) is 10.9 Å². The molecule has 3 unspecified atom stereocenters. The molecule has 160 valence electrons. The van der Waals surface area contributed by atoms with Gasteiger partial charge in [0.25, 0.3) is 0 Å². The van der Waals surface area contributed by atoms with Crippen LogP contribution in [-0.4, -0.2) is 33.4 Å². The van der Waals surface area contributed by atoms with Gasteiger partial charge in [0.1, 0.15) is 5.69 Å². The Hall–Kier alpha value is -1.18. The Morgan fingerprint density at radius 3 is 2.55 bits per heavy atom. The molecule has 0 aliphatic carbocycles. The highest BCUT2D eigenvalue weighted by molar-refractivity contribution is 14.1. The van der Waals surface area contributed by atoms with Crippen molar-refractivity contribution in [2.45, 2.75) is 43.4 Å². The monoisotopic (exact) mass is 534 g/mol. The summed E-state index contributed by atoms with van der Waals surface area (Å²) in [4.78, 5) is 3.25. The number of nitrogens with zero attached hydrogens (tertiary/aromatic N) is 1. The molecule has 1 aromatic heterocycles. The highest BCUT2D eigenvalue weighted by atomic mass is 127. The van der Waals surface area contributed by atoms with Crippen LogP contribution in [0.15, 0.2) is 24.3 Å². The number of alkyl halides is 7. The van der Waals surface area contributed by atoms with Gasteiger partial charge in [-0.15, -0.1) is 0 Å². The zero-order valence-corrected chi connectivity index (χ0v) is 17.0. The summed E-state index contributed by atoms with van der Waals surface area (Å²) in [5.41, 5.74) is -3.88. The number of pyridine rings is 1. The third-order valence-electron chi connectivity index (χ3n) is 4.85. The maximum atomic E-state index is 13.4. The summed E-state index contributed by atoms with van der Waals surface area (Å²) in [6.45, 7) is 0.506. The molecule has 0 saturated carbocycles. The fraction of sp³-hybridized carbons (Fsp3) is 0.500. The molecule has 1 saturated heterocycles. The maximum Gasteiger partial charge on any atom is 0.433 e. The lowest BCUT2D eigenvalue weighted by Gasteiger charge is -2.36. The van der Waals surface area contributed by atoms with E-state index in [0.29, 0.717) is 29.7 Å². The number of benzene rings is 1. The van der Waals surface area contributed by atoms with E-state index in [0.717, 1.165) is 12.5 Å². The van der Waals surface area contributed by atoms with E-state index in [1.165, 1.54) is 6.07 Å². The van der Waals surface area contributed by atoms with E-state index < -0.39 is 47.4 Å². The minimum atomic E-state index is -4.97. The van der Waals surface area contributed by atoms with Crippen molar-refractivity contribution < 1.29 is 36.2 Å². The minimum absolute atomic E-state index is 0.180. The van der Waals surface area contributed by atoms with Crippen molar-refractivity contribution in [3.05, 3.63) is 41.1 Å². The molecule has 0 radical (unpaired) electrons. The van der Waals surface area contributed by atoms with E-state index in [2.05, 4.69) is 10.3 Å². The Labute approximate surface area is 175 Å². The molecule has 2 aromatic rings. The van der Waals surface area contributed by atoms with E-state index in [1.807, 2.05) is 22.6 Å². The van der Waals surface area contributed by atoms with Gasteiger partial charge in [-0.25, -0.2) is 4.98 Å². The van der Waals surface area contributed by atoms with E-state index in [9.17, 15) is 31.4 Å². The number of aliphatic hydroxyl groups excluding tert-OH is 1. The van der Waals surface area contributed by atoms with E-state index in [-0.39, 0.29) is 10.9 Å². The summed E-state index contributed by atoms with van der Waals surface area (Å²) < 4.78 is 86.1. The van der Waals surface area contributed by atoms with Crippen LogP contribution in [-0.2, 0) is 17.1 Å². The standard InChI is InChI=1S/C18H17F6IN2O2/c19-17(20,21)11-4-1-3-9-10(7-13(18(22,23)24)27-14(9)11)16(28)15-12(29-8-25)5-2-6-26-15/h1,3-4,7,12,15-16,26,28H,2,5-6,8H2. The first kappa shape index (κ1) is 22.5. The van der Waals surface area contributed by atoms with Gasteiger partial charge in [0, 0.05) is 5.39 Å². The van der Waals surface area contributed by atoms with E-state index in [1.54, 1.807) is 0 Å². The van der Waals surface area contributed by atoms with Crippen LogP contribution >= 0.6 is 22.6 Å². The number of nitrogens with one attached hydrogen (secondary N) is 1. The second-order valence-electron chi connectivity index (χ2n) is 6.68. The molecule has 3 atom stereocenters. The number of rotatable bonds is 4. The molecule has 2 N–H and O–H groups in total. The van der Waals surface area contributed by atoms with Crippen LogP contribution < -0.4 is 5.32 Å². The van der Waals surface area contributed by atoms with Gasteiger partial charge in [0.15, 0.2) is 0 Å². The number of hydrogen-bond donors (Lipinski definition) is 2. The summed E-state index contributed by atoms with van der Waals surface area (Å²) in [7, 11) is 0. The predicted molar refractivity (Wildman–Crippen MR) is 101 cm³/mol. The van der Waals surface area contributed by atoms with Crippen molar-refractivity contribution in [3.8, 4) is 0 Å². The molecule has 11 heteroatoms. The van der Waals surface area contributed by atoms with Gasteiger partial charge < -0.3 is 15.2 Å². The number of fused-ring (bicyclic) bond motifs is 1. The largest absolute Gasteiger partial charge is 0.433 e. The van der Waals surface area contributed by atoms with Gasteiger partial charge in [0.05, 0.1) is 33.9 Å². The number of para-hydroxylation sites is 1. The molecule has 3 rings (SSSR count). The summed E-state index contributed by atoms with van der Waals surface area (Å²) in [5, 5.41) is 13.7. The van der Waals surface area contributed by atoms with Crippen molar-refractivity contribution in [2.24, 2.45) is 0 Å². The van der Waals surface area contributed by atoms with Gasteiger partial charge in [-0.2, -0.15) is 26.3 Å². The minimum Gasteiger partial charge on any atom is -0.387 e. The molecule has 0 spiro atoms. The third-order valence-corrected chi connectivity index (χ3v) is 5.21. The molecule has 4 nitrogen and oxygen atoms in total. The fourth-order valence-corrected chi connectivity index (χ4v) is 4.01. The topological polar surface area (TPSA) is 54.4 Å². The maximum absolute atomic E-state index is 13.4. The first-order valence-corrected chi connectivity index (χ1v) is 10.2. The zero-order chi connectivity index (χ0) is 21.4. The van der Waals surface area contributed by atoms with Crippen molar-refractivity contribution >= 4 is 33.5 Å². The van der Waals surface area contributed by atoms with Crippen LogP contribution in [0.2, 0.25) is 0 Å². The molecule has 1 aliphatic heterocycles. The molecule has 2 heterocycles. The lowest BCUT2D eigenvalue weighted by Crippen LogP contribution is -2.49. The summed E-state index contributed by atoms with van der Waals surface area (Å²) in [6.07, 6.45) is -10.6. The van der Waals surface area contributed by atoms with Crippen molar-refractivity contribution in [2.75, 3.05) is 11.2 Å². The summed E-state index contributed by atoms with van der Waals surface area (Å²) >= 11 is 1.97. The average molecular weight is 534 g/mol. The lowest BCUT2D eigenvalue weighted by atomic mass is 9.89. The Morgan fingerprint density at radius 1 is 1.21 bits per heavy atom. The van der Waals surface area contributed by atoms with Gasteiger partial charge >= 0.3 is 12.4 Å². The Bertz CT molecular complexity index is 872. The van der Waals surface area contributed by atoms with Gasteiger partial charge in [-0.3, -0.25) is 0 Å². The highest BCUT2D eigenvalue weighted by Crippen LogP contribution is 2.40. The number of ether oxygens (including phenoxy) is 1. The summed E-state index contributed by atoms with van der Waals surface area (Å²) in [6, 6.07) is 2.84. The van der Waals surface area contributed by atoms with Crippen LogP contribution in [0.3, 0.4) is 0 Å². The molecular weight excluding hydrogens is 517 g/mol. The number of aliphatic hydroxyl groups is 1. The van der Waals surface area contributed by atoms with Gasteiger partial charge in [-0.1, -0.05) is 34.7 Å². The number of aromatic nitrogens is 1. The molecule has 0 bridgehead atoms. The molecule has 1 aliphatic rings. The second kappa shape index (κ2) is 8.52. The Morgan fingerprint density at radius 2 is 1.93 bits per heavy atom. The first-order chi connectivity index (χ1) is 13.5. The highest BCUT2D eigenvalue weighted by Gasteiger charge is 2.40. The average Bonchev–Trinajstić information content (AvgIpc) is 2.65. The molecular formula is C18H17F6IN2O2. The zero-order valence-electron chi connectivity index (χ0n) is 14.8. The number of hydrogen-bond acceptors (Lipinski definition) is 4. The Balaban J connectivity index is 2.20. The van der Waals surface area contributed by atoms with Crippen molar-refractivity contribution in [1.29, 1.82) is 0 Å². The Kier molecular flexibility index (Phi) is 6.61. The van der Waals surface area contributed by atoms with Crippen LogP contribution in [0.5, 0.6) is 0 Å². The quantitative estimate of drug-likeness (QED) is 0.335. The summed E-state index contributed by atoms with van der Waals surface area (Å²) in [5.74, 6) is 0.